The average Bonchev–Trinajstić information content (AvgIpc) is 3.24. The lowest BCUT2D eigenvalue weighted by Crippen LogP contribution is -2.35. The number of anilines is 2. The summed E-state index contributed by atoms with van der Waals surface area (Å²) in [6.07, 6.45) is 4.62. The van der Waals surface area contributed by atoms with Gasteiger partial charge in [-0.25, -0.2) is 0 Å². The number of hydrogen-bond acceptors (Lipinski definition) is 5. The fraction of sp³-hybridized carbons (Fsp3) is 0.643. The third-order valence-corrected chi connectivity index (χ3v) is 5.23. The SMILES string of the molecule is CNC(=O)c1sc(NC2CCNCC2)c(C2CC2)c1N. The van der Waals surface area contributed by atoms with Gasteiger partial charge in [-0.2, -0.15) is 0 Å². The molecule has 0 spiro atoms. The first-order valence-corrected chi connectivity index (χ1v) is 8.13. The molecule has 2 aliphatic rings. The monoisotopic (exact) mass is 294 g/mol. The van der Waals surface area contributed by atoms with Crippen molar-refractivity contribution in [2.24, 2.45) is 0 Å². The van der Waals surface area contributed by atoms with Gasteiger partial charge in [-0.05, 0) is 44.7 Å². The van der Waals surface area contributed by atoms with Gasteiger partial charge in [-0.1, -0.05) is 0 Å². The van der Waals surface area contributed by atoms with Gasteiger partial charge in [0.2, 0.25) is 0 Å². The molecule has 0 radical (unpaired) electrons. The summed E-state index contributed by atoms with van der Waals surface area (Å²) >= 11 is 1.51. The zero-order valence-corrected chi connectivity index (χ0v) is 12.6. The van der Waals surface area contributed by atoms with E-state index in [1.807, 2.05) is 0 Å². The van der Waals surface area contributed by atoms with Crippen LogP contribution in [0.15, 0.2) is 0 Å². The summed E-state index contributed by atoms with van der Waals surface area (Å²) in [7, 11) is 1.65. The van der Waals surface area contributed by atoms with Gasteiger partial charge < -0.3 is 21.7 Å². The van der Waals surface area contributed by atoms with E-state index in [1.54, 1.807) is 7.05 Å². The summed E-state index contributed by atoms with van der Waals surface area (Å²) in [6, 6.07) is 0.490. The van der Waals surface area contributed by atoms with E-state index in [1.165, 1.54) is 29.7 Å². The number of carbonyl (C=O) groups excluding carboxylic acids is 1. The Morgan fingerprint density at radius 1 is 1.30 bits per heavy atom. The van der Waals surface area contributed by atoms with Crippen LogP contribution in [0, 0.1) is 0 Å². The molecule has 1 saturated carbocycles. The number of piperidine rings is 1. The van der Waals surface area contributed by atoms with Crippen molar-refractivity contribution in [3.63, 3.8) is 0 Å². The average molecular weight is 294 g/mol. The van der Waals surface area contributed by atoms with Crippen molar-refractivity contribution < 1.29 is 4.79 Å². The number of nitrogens with one attached hydrogen (secondary N) is 3. The molecule has 3 rings (SSSR count). The second-order valence-corrected chi connectivity index (χ2v) is 6.63. The molecule has 0 bridgehead atoms. The molecule has 1 aromatic heterocycles. The van der Waals surface area contributed by atoms with Crippen molar-refractivity contribution in [2.75, 3.05) is 31.2 Å². The lowest BCUT2D eigenvalue weighted by Gasteiger charge is -2.24. The van der Waals surface area contributed by atoms with Crippen LogP contribution in [0.2, 0.25) is 0 Å². The molecule has 110 valence electrons. The molecule has 1 aliphatic heterocycles. The predicted octanol–water partition coefficient (Wildman–Crippen LogP) is 1.73. The summed E-state index contributed by atoms with van der Waals surface area (Å²) in [6.45, 7) is 2.11. The van der Waals surface area contributed by atoms with Gasteiger partial charge in [-0.15, -0.1) is 11.3 Å². The van der Waals surface area contributed by atoms with Crippen molar-refractivity contribution in [1.29, 1.82) is 0 Å². The van der Waals surface area contributed by atoms with Gasteiger partial charge >= 0.3 is 0 Å². The number of nitrogens with two attached hydrogens (primary N) is 1. The van der Waals surface area contributed by atoms with Crippen molar-refractivity contribution >= 4 is 27.9 Å². The highest BCUT2D eigenvalue weighted by atomic mass is 32.1. The van der Waals surface area contributed by atoms with Gasteiger partial charge in [0.1, 0.15) is 4.88 Å². The van der Waals surface area contributed by atoms with Gasteiger partial charge in [0, 0.05) is 18.7 Å². The number of amides is 1. The first-order valence-electron chi connectivity index (χ1n) is 7.32. The van der Waals surface area contributed by atoms with Crippen molar-refractivity contribution in [2.45, 2.75) is 37.6 Å². The van der Waals surface area contributed by atoms with E-state index >= 15 is 0 Å². The quantitative estimate of drug-likeness (QED) is 0.682. The Morgan fingerprint density at radius 3 is 2.60 bits per heavy atom. The molecule has 1 saturated heterocycles. The van der Waals surface area contributed by atoms with Gasteiger partial charge in [0.15, 0.2) is 0 Å². The molecular formula is C14H22N4OS. The predicted molar refractivity (Wildman–Crippen MR) is 83.6 cm³/mol. The lowest BCUT2D eigenvalue weighted by molar-refractivity contribution is 0.0968. The van der Waals surface area contributed by atoms with E-state index in [2.05, 4.69) is 16.0 Å². The molecule has 1 aromatic rings. The van der Waals surface area contributed by atoms with Crippen LogP contribution in [-0.4, -0.2) is 32.1 Å². The van der Waals surface area contributed by atoms with E-state index in [0.29, 0.717) is 22.5 Å². The first-order chi connectivity index (χ1) is 9.70. The van der Waals surface area contributed by atoms with Gasteiger partial charge in [0.25, 0.3) is 5.91 Å². The minimum absolute atomic E-state index is 0.0761. The highest BCUT2D eigenvalue weighted by Gasteiger charge is 2.33. The highest BCUT2D eigenvalue weighted by Crippen LogP contribution is 2.51. The maximum Gasteiger partial charge on any atom is 0.263 e. The molecule has 1 aliphatic carbocycles. The molecule has 6 heteroatoms. The Bertz CT molecular complexity index is 504. The fourth-order valence-electron chi connectivity index (χ4n) is 2.78. The maximum atomic E-state index is 11.9. The van der Waals surface area contributed by atoms with E-state index < -0.39 is 0 Å². The smallest absolute Gasteiger partial charge is 0.263 e. The lowest BCUT2D eigenvalue weighted by atomic mass is 10.1. The number of thiophene rings is 1. The standard InChI is InChI=1S/C14H22N4OS/c1-16-13(19)12-11(15)10(8-2-3-8)14(20-12)18-9-4-6-17-7-5-9/h8-9,17-18H,2-7,15H2,1H3,(H,16,19). The van der Waals surface area contributed by atoms with Crippen molar-refractivity contribution in [1.82, 2.24) is 10.6 Å². The number of carbonyl (C=O) groups is 1. The Morgan fingerprint density at radius 2 is 2.00 bits per heavy atom. The molecule has 20 heavy (non-hydrogen) atoms. The Hall–Kier alpha value is -1.27. The maximum absolute atomic E-state index is 11.9. The van der Waals surface area contributed by atoms with Crippen LogP contribution in [0.1, 0.15) is 46.8 Å². The highest BCUT2D eigenvalue weighted by molar-refractivity contribution is 7.18. The third-order valence-electron chi connectivity index (χ3n) is 4.08. The summed E-state index contributed by atoms with van der Waals surface area (Å²) in [5, 5.41) is 10.8. The van der Waals surface area contributed by atoms with E-state index in [-0.39, 0.29) is 5.91 Å². The van der Waals surface area contributed by atoms with Crippen molar-refractivity contribution in [3.8, 4) is 0 Å². The normalized spacial score (nSPS) is 19.9. The minimum Gasteiger partial charge on any atom is -0.397 e. The molecule has 1 amide bonds. The second kappa shape index (κ2) is 5.61. The molecule has 0 atom stereocenters. The third kappa shape index (κ3) is 2.62. The van der Waals surface area contributed by atoms with Crippen LogP contribution >= 0.6 is 11.3 Å². The summed E-state index contributed by atoms with van der Waals surface area (Å²) < 4.78 is 0. The van der Waals surface area contributed by atoms with E-state index in [9.17, 15) is 4.79 Å². The molecule has 5 N–H and O–H groups in total. The number of nitrogen functional groups attached to an aromatic ring is 1. The Labute approximate surface area is 123 Å². The van der Waals surface area contributed by atoms with E-state index in [0.717, 1.165) is 30.9 Å². The van der Waals surface area contributed by atoms with Crippen LogP contribution in [0.25, 0.3) is 0 Å². The largest absolute Gasteiger partial charge is 0.397 e. The summed E-state index contributed by atoms with van der Waals surface area (Å²) in [4.78, 5) is 12.6. The fourth-order valence-corrected chi connectivity index (χ4v) is 4.01. The molecular weight excluding hydrogens is 272 g/mol. The Kier molecular flexibility index (Phi) is 3.85. The summed E-state index contributed by atoms with van der Waals surface area (Å²) in [5.41, 5.74) is 8.10. The first kappa shape index (κ1) is 13.7. The van der Waals surface area contributed by atoms with Crippen LogP contribution in [0.4, 0.5) is 10.7 Å². The molecule has 0 aromatic carbocycles. The molecule has 0 unspecified atom stereocenters. The zero-order chi connectivity index (χ0) is 14.1. The summed E-state index contributed by atoms with van der Waals surface area (Å²) in [5.74, 6) is 0.474. The minimum atomic E-state index is -0.0761. The van der Waals surface area contributed by atoms with Gasteiger partial charge in [0.05, 0.1) is 10.7 Å². The van der Waals surface area contributed by atoms with Crippen LogP contribution < -0.4 is 21.7 Å². The molecule has 5 nitrogen and oxygen atoms in total. The second-order valence-electron chi connectivity index (χ2n) is 5.61. The topological polar surface area (TPSA) is 79.2 Å². The molecule has 2 fully saturated rings. The number of rotatable bonds is 4. The van der Waals surface area contributed by atoms with Crippen LogP contribution in [0.3, 0.4) is 0 Å². The van der Waals surface area contributed by atoms with Gasteiger partial charge in [-0.3, -0.25) is 4.79 Å². The van der Waals surface area contributed by atoms with Crippen LogP contribution in [0.5, 0.6) is 0 Å². The zero-order valence-electron chi connectivity index (χ0n) is 11.8. The number of hydrogen-bond donors (Lipinski definition) is 4. The molecule has 2 heterocycles. The Balaban J connectivity index is 1.86. The van der Waals surface area contributed by atoms with Crippen LogP contribution in [-0.2, 0) is 0 Å². The van der Waals surface area contributed by atoms with E-state index in [4.69, 9.17) is 5.73 Å². The van der Waals surface area contributed by atoms with Crippen molar-refractivity contribution in [3.05, 3.63) is 10.4 Å².